The third kappa shape index (κ3) is 6.56. The molecule has 0 radical (unpaired) electrons. The first-order valence-electron chi connectivity index (χ1n) is 9.71. The molecule has 1 aliphatic rings. The topological polar surface area (TPSA) is 63.2 Å². The predicted octanol–water partition coefficient (Wildman–Crippen LogP) is 3.52. The van der Waals surface area contributed by atoms with Crippen molar-refractivity contribution in [1.29, 1.82) is 0 Å². The van der Waals surface area contributed by atoms with Gasteiger partial charge in [0.2, 0.25) is 0 Å². The lowest BCUT2D eigenvalue weighted by Crippen LogP contribution is -2.32. The zero-order valence-corrected chi connectivity index (χ0v) is 17.1. The van der Waals surface area contributed by atoms with Gasteiger partial charge in [-0.05, 0) is 37.1 Å². The Labute approximate surface area is 171 Å². The molecule has 2 atom stereocenters. The summed E-state index contributed by atoms with van der Waals surface area (Å²) in [6, 6.07) is 17.4. The van der Waals surface area contributed by atoms with E-state index in [-0.39, 0.29) is 24.6 Å². The molecule has 0 spiro atoms. The Balaban J connectivity index is 1.50. The molecule has 2 aromatic carbocycles. The number of rotatable bonds is 9. The van der Waals surface area contributed by atoms with Crippen molar-refractivity contribution >= 4 is 5.97 Å². The summed E-state index contributed by atoms with van der Waals surface area (Å²) in [5.74, 6) is -0.245. The van der Waals surface area contributed by atoms with Crippen molar-refractivity contribution < 1.29 is 28.5 Å². The van der Waals surface area contributed by atoms with Crippen molar-refractivity contribution in [3.8, 4) is 5.75 Å². The van der Waals surface area contributed by atoms with Crippen molar-refractivity contribution in [2.24, 2.45) is 0 Å². The van der Waals surface area contributed by atoms with E-state index in [1.165, 1.54) is 7.11 Å². The monoisotopic (exact) mass is 400 g/mol. The van der Waals surface area contributed by atoms with Crippen LogP contribution in [0.4, 0.5) is 0 Å². The molecule has 1 aliphatic heterocycles. The highest BCUT2D eigenvalue weighted by atomic mass is 16.8. The smallest absolute Gasteiger partial charge is 0.309 e. The number of esters is 1. The maximum Gasteiger partial charge on any atom is 0.309 e. The maximum absolute atomic E-state index is 11.3. The van der Waals surface area contributed by atoms with Gasteiger partial charge >= 0.3 is 5.97 Å². The lowest BCUT2D eigenvalue weighted by atomic mass is 10.1. The van der Waals surface area contributed by atoms with E-state index in [1.54, 1.807) is 0 Å². The third-order valence-corrected chi connectivity index (χ3v) is 4.59. The fraction of sp³-hybridized carbons (Fsp3) is 0.435. The van der Waals surface area contributed by atoms with Gasteiger partial charge in [0.05, 0.1) is 26.7 Å². The Bertz CT molecular complexity index is 772. The van der Waals surface area contributed by atoms with Crippen molar-refractivity contribution in [3.05, 3.63) is 65.7 Å². The van der Waals surface area contributed by atoms with E-state index in [0.717, 1.165) is 11.1 Å². The quantitative estimate of drug-likeness (QED) is 0.600. The van der Waals surface area contributed by atoms with Gasteiger partial charge in [0.25, 0.3) is 0 Å². The van der Waals surface area contributed by atoms with Gasteiger partial charge in [-0.25, -0.2) is 0 Å². The van der Waals surface area contributed by atoms with Gasteiger partial charge in [-0.2, -0.15) is 0 Å². The van der Waals surface area contributed by atoms with Gasteiger partial charge in [0, 0.05) is 0 Å². The highest BCUT2D eigenvalue weighted by Crippen LogP contribution is 2.29. The highest BCUT2D eigenvalue weighted by molar-refractivity contribution is 5.72. The van der Waals surface area contributed by atoms with Crippen molar-refractivity contribution in [2.45, 2.75) is 44.9 Å². The summed E-state index contributed by atoms with van der Waals surface area (Å²) in [4.78, 5) is 11.3. The summed E-state index contributed by atoms with van der Waals surface area (Å²) in [5.41, 5.74) is 1.99. The second kappa shape index (κ2) is 9.87. The van der Waals surface area contributed by atoms with Gasteiger partial charge in [0.15, 0.2) is 5.79 Å². The average Bonchev–Trinajstić information content (AvgIpc) is 3.01. The first-order valence-corrected chi connectivity index (χ1v) is 9.71. The van der Waals surface area contributed by atoms with E-state index in [2.05, 4.69) is 4.74 Å². The molecule has 0 N–H and O–H groups in total. The maximum atomic E-state index is 11.3. The molecule has 2 unspecified atom stereocenters. The molecule has 1 saturated heterocycles. The van der Waals surface area contributed by atoms with Gasteiger partial charge in [0.1, 0.15) is 24.6 Å². The van der Waals surface area contributed by atoms with Crippen molar-refractivity contribution in [3.63, 3.8) is 0 Å². The average molecular weight is 400 g/mol. The minimum absolute atomic E-state index is 0.215. The standard InChI is InChI=1S/C23H28O6/c1-23(2)28-20(15-26-14-18-7-5-4-6-8-18)21(29-23)16-27-19-11-9-17(10-12-19)13-22(24)25-3/h4-12,20-21H,13-16H2,1-3H3. The lowest BCUT2D eigenvalue weighted by molar-refractivity contribution is -0.152. The second-order valence-corrected chi connectivity index (χ2v) is 7.42. The minimum Gasteiger partial charge on any atom is -0.491 e. The first kappa shape index (κ1) is 21.3. The zero-order chi connectivity index (χ0) is 20.7. The Hall–Kier alpha value is -2.41. The van der Waals surface area contributed by atoms with Crippen LogP contribution in [0, 0.1) is 0 Å². The number of carbonyl (C=O) groups is 1. The van der Waals surface area contributed by atoms with Crippen LogP contribution in [0.3, 0.4) is 0 Å². The Morgan fingerprint density at radius 3 is 2.24 bits per heavy atom. The number of hydrogen-bond donors (Lipinski definition) is 0. The van der Waals surface area contributed by atoms with E-state index in [9.17, 15) is 4.79 Å². The van der Waals surface area contributed by atoms with Gasteiger partial charge < -0.3 is 23.7 Å². The van der Waals surface area contributed by atoms with Crippen molar-refractivity contribution in [1.82, 2.24) is 0 Å². The normalized spacial score (nSPS) is 20.4. The van der Waals surface area contributed by atoms with Crippen LogP contribution in [0.2, 0.25) is 0 Å². The van der Waals surface area contributed by atoms with E-state index in [4.69, 9.17) is 18.9 Å². The lowest BCUT2D eigenvalue weighted by Gasteiger charge is -2.18. The van der Waals surface area contributed by atoms with Crippen molar-refractivity contribution in [2.75, 3.05) is 20.3 Å². The fourth-order valence-corrected chi connectivity index (χ4v) is 3.18. The molecule has 3 rings (SSSR count). The Kier molecular flexibility index (Phi) is 7.25. The van der Waals surface area contributed by atoms with Crippen LogP contribution in [0.15, 0.2) is 54.6 Å². The SMILES string of the molecule is COC(=O)Cc1ccc(OCC2OC(C)(C)OC2COCc2ccccc2)cc1. The molecule has 156 valence electrons. The van der Waals surface area contributed by atoms with Gasteiger partial charge in [-0.1, -0.05) is 42.5 Å². The molecule has 2 aromatic rings. The second-order valence-electron chi connectivity index (χ2n) is 7.42. The molecule has 1 heterocycles. The summed E-state index contributed by atoms with van der Waals surface area (Å²) in [6.45, 7) is 5.07. The molecule has 0 saturated carbocycles. The number of methoxy groups -OCH3 is 1. The molecule has 29 heavy (non-hydrogen) atoms. The first-order chi connectivity index (χ1) is 13.9. The molecule has 6 heteroatoms. The Morgan fingerprint density at radius 1 is 0.931 bits per heavy atom. The van der Waals surface area contributed by atoms with Gasteiger partial charge in [-0.15, -0.1) is 0 Å². The Morgan fingerprint density at radius 2 is 1.59 bits per heavy atom. The number of ether oxygens (including phenoxy) is 5. The zero-order valence-electron chi connectivity index (χ0n) is 17.1. The molecule has 0 amide bonds. The molecule has 0 aliphatic carbocycles. The van der Waals surface area contributed by atoms with E-state index < -0.39 is 5.79 Å². The number of benzene rings is 2. The van der Waals surface area contributed by atoms with Gasteiger partial charge in [-0.3, -0.25) is 4.79 Å². The van der Waals surface area contributed by atoms with E-state index >= 15 is 0 Å². The van der Waals surface area contributed by atoms with Crippen LogP contribution < -0.4 is 4.74 Å². The molecule has 0 bridgehead atoms. The van der Waals surface area contributed by atoms with Crippen LogP contribution >= 0.6 is 0 Å². The summed E-state index contributed by atoms with van der Waals surface area (Å²) < 4.78 is 28.4. The van der Waals surface area contributed by atoms with Crippen LogP contribution in [-0.2, 0) is 36.8 Å². The third-order valence-electron chi connectivity index (χ3n) is 4.59. The van der Waals surface area contributed by atoms with E-state index in [1.807, 2.05) is 68.4 Å². The van der Waals surface area contributed by atoms with E-state index in [0.29, 0.717) is 25.6 Å². The summed E-state index contributed by atoms with van der Waals surface area (Å²) in [6.07, 6.45) is -0.214. The predicted molar refractivity (Wildman–Crippen MR) is 108 cm³/mol. The van der Waals surface area contributed by atoms with Crippen LogP contribution in [0.5, 0.6) is 5.75 Å². The van der Waals surface area contributed by atoms with Crippen LogP contribution in [0.25, 0.3) is 0 Å². The van der Waals surface area contributed by atoms with Crippen LogP contribution in [0.1, 0.15) is 25.0 Å². The molecular formula is C23H28O6. The summed E-state index contributed by atoms with van der Waals surface area (Å²) in [5, 5.41) is 0. The summed E-state index contributed by atoms with van der Waals surface area (Å²) >= 11 is 0. The fourth-order valence-electron chi connectivity index (χ4n) is 3.18. The molecular weight excluding hydrogens is 372 g/mol. The highest BCUT2D eigenvalue weighted by Gasteiger charge is 2.41. The number of hydrogen-bond acceptors (Lipinski definition) is 6. The van der Waals surface area contributed by atoms with Crippen LogP contribution in [-0.4, -0.2) is 44.3 Å². The molecule has 6 nitrogen and oxygen atoms in total. The molecule has 0 aromatic heterocycles. The largest absolute Gasteiger partial charge is 0.491 e. The summed E-state index contributed by atoms with van der Waals surface area (Å²) in [7, 11) is 1.38. The minimum atomic E-state index is -0.681. The number of carbonyl (C=O) groups excluding carboxylic acids is 1. The molecule has 1 fully saturated rings.